The molecule has 0 aliphatic carbocycles. The molecule has 30 heavy (non-hydrogen) atoms. The van der Waals surface area contributed by atoms with Crippen LogP contribution in [-0.4, -0.2) is 53.4 Å². The van der Waals surface area contributed by atoms with Gasteiger partial charge in [-0.1, -0.05) is 18.2 Å². The Balaban J connectivity index is 1.30. The van der Waals surface area contributed by atoms with E-state index < -0.39 is 0 Å². The van der Waals surface area contributed by atoms with Gasteiger partial charge in [-0.25, -0.2) is 4.39 Å². The first kappa shape index (κ1) is 20.7. The molecule has 0 unspecified atom stereocenters. The molecule has 2 aromatic heterocycles. The summed E-state index contributed by atoms with van der Waals surface area (Å²) >= 11 is 1.47. The quantitative estimate of drug-likeness (QED) is 0.575. The number of hydrogen-bond acceptors (Lipinski definition) is 4. The molecule has 1 fully saturated rings. The lowest BCUT2D eigenvalue weighted by molar-refractivity contribution is 0.0648. The molecular weight excluding hydrogens is 397 g/mol. The summed E-state index contributed by atoms with van der Waals surface area (Å²) in [6.07, 6.45) is 4.77. The van der Waals surface area contributed by atoms with Crippen molar-refractivity contribution in [3.8, 4) is 10.4 Å². The van der Waals surface area contributed by atoms with E-state index in [4.69, 9.17) is 0 Å². The number of thiophene rings is 1. The number of likely N-dealkylation sites (tertiary alicyclic amines) is 1. The molecule has 0 N–H and O–H groups in total. The van der Waals surface area contributed by atoms with Crippen LogP contribution in [0.2, 0.25) is 0 Å². The number of benzene rings is 1. The third-order valence-electron chi connectivity index (χ3n) is 5.78. The molecule has 0 radical (unpaired) electrons. The maximum absolute atomic E-state index is 13.1. The molecule has 156 valence electrons. The summed E-state index contributed by atoms with van der Waals surface area (Å²) in [5, 5.41) is 0. The van der Waals surface area contributed by atoms with Crippen LogP contribution in [0.1, 0.15) is 28.2 Å². The second-order valence-electron chi connectivity index (χ2n) is 7.73. The van der Waals surface area contributed by atoms with E-state index in [0.29, 0.717) is 0 Å². The summed E-state index contributed by atoms with van der Waals surface area (Å²) in [6, 6.07) is 16.5. The lowest BCUT2D eigenvalue weighted by Gasteiger charge is -2.36. The number of halogens is 1. The Labute approximate surface area is 181 Å². The summed E-state index contributed by atoms with van der Waals surface area (Å²) < 4.78 is 13.1. The van der Waals surface area contributed by atoms with Crippen molar-refractivity contribution >= 4 is 17.2 Å². The number of pyridine rings is 1. The number of rotatable bonds is 6. The van der Waals surface area contributed by atoms with Crippen molar-refractivity contribution in [2.24, 2.45) is 0 Å². The van der Waals surface area contributed by atoms with E-state index in [1.807, 2.05) is 42.4 Å². The van der Waals surface area contributed by atoms with Gasteiger partial charge in [-0.2, -0.15) is 0 Å². The maximum Gasteiger partial charge on any atom is 0.263 e. The SMILES string of the molecule is CN(C(=O)c1ccc(-c2ccc(F)cc2)s1)C1CCN(CCc2ccccn2)CC1. The van der Waals surface area contributed by atoms with Crippen LogP contribution in [-0.2, 0) is 6.42 Å². The number of aromatic nitrogens is 1. The standard InChI is InChI=1S/C24H26FN3OS/c1-27(21-12-16-28(17-13-21)15-11-20-4-2-3-14-26-20)24(29)23-10-9-22(30-23)18-5-7-19(25)8-6-18/h2-10,14,21H,11-13,15-17H2,1H3. The molecular formula is C24H26FN3OS. The second-order valence-corrected chi connectivity index (χ2v) is 8.81. The topological polar surface area (TPSA) is 36.4 Å². The van der Waals surface area contributed by atoms with E-state index in [9.17, 15) is 9.18 Å². The predicted octanol–water partition coefficient (Wildman–Crippen LogP) is 4.73. The minimum Gasteiger partial charge on any atom is -0.338 e. The molecule has 0 saturated carbocycles. The minimum atomic E-state index is -0.252. The Morgan fingerprint density at radius 2 is 1.90 bits per heavy atom. The lowest BCUT2D eigenvalue weighted by atomic mass is 10.0. The van der Waals surface area contributed by atoms with Crippen molar-refractivity contribution in [2.45, 2.75) is 25.3 Å². The van der Waals surface area contributed by atoms with E-state index in [0.717, 1.165) is 59.9 Å². The number of carbonyl (C=O) groups excluding carboxylic acids is 1. The fraction of sp³-hybridized carbons (Fsp3) is 0.333. The van der Waals surface area contributed by atoms with Gasteiger partial charge in [0.15, 0.2) is 0 Å². The molecule has 1 aliphatic heterocycles. The van der Waals surface area contributed by atoms with Gasteiger partial charge in [-0.05, 0) is 54.8 Å². The van der Waals surface area contributed by atoms with Crippen LogP contribution in [0.25, 0.3) is 10.4 Å². The molecule has 4 rings (SSSR count). The Morgan fingerprint density at radius 3 is 2.60 bits per heavy atom. The van der Waals surface area contributed by atoms with Gasteiger partial charge in [-0.15, -0.1) is 11.3 Å². The van der Waals surface area contributed by atoms with Crippen molar-refractivity contribution in [1.29, 1.82) is 0 Å². The highest BCUT2D eigenvalue weighted by molar-refractivity contribution is 7.17. The maximum atomic E-state index is 13.1. The van der Waals surface area contributed by atoms with Crippen molar-refractivity contribution in [3.63, 3.8) is 0 Å². The molecule has 6 heteroatoms. The molecule has 0 spiro atoms. The monoisotopic (exact) mass is 423 g/mol. The minimum absolute atomic E-state index is 0.0697. The summed E-state index contributed by atoms with van der Waals surface area (Å²) in [5.41, 5.74) is 2.06. The number of hydrogen-bond donors (Lipinski definition) is 0. The molecule has 3 heterocycles. The van der Waals surface area contributed by atoms with Crippen LogP contribution in [0.5, 0.6) is 0 Å². The summed E-state index contributed by atoms with van der Waals surface area (Å²) in [5.74, 6) is -0.182. The average Bonchev–Trinajstić information content (AvgIpc) is 3.28. The Morgan fingerprint density at radius 1 is 1.13 bits per heavy atom. The zero-order valence-electron chi connectivity index (χ0n) is 17.1. The average molecular weight is 424 g/mol. The molecule has 1 amide bonds. The number of amides is 1. The summed E-state index contributed by atoms with van der Waals surface area (Å²) in [7, 11) is 1.91. The molecule has 1 aromatic carbocycles. The van der Waals surface area contributed by atoms with E-state index >= 15 is 0 Å². The highest BCUT2D eigenvalue weighted by Crippen LogP contribution is 2.29. The summed E-state index contributed by atoms with van der Waals surface area (Å²) in [4.78, 5) is 23.5. The molecule has 0 bridgehead atoms. The first-order chi connectivity index (χ1) is 14.6. The van der Waals surface area contributed by atoms with Crippen molar-refractivity contribution in [3.05, 3.63) is 77.2 Å². The Kier molecular flexibility index (Phi) is 6.55. The summed E-state index contributed by atoms with van der Waals surface area (Å²) in [6.45, 7) is 3.01. The van der Waals surface area contributed by atoms with Gasteiger partial charge in [0.1, 0.15) is 5.82 Å². The van der Waals surface area contributed by atoms with Gasteiger partial charge in [0.25, 0.3) is 5.91 Å². The van der Waals surface area contributed by atoms with E-state index in [-0.39, 0.29) is 17.8 Å². The van der Waals surface area contributed by atoms with Gasteiger partial charge in [-0.3, -0.25) is 9.78 Å². The second kappa shape index (κ2) is 9.49. The normalized spacial score (nSPS) is 15.3. The van der Waals surface area contributed by atoms with Crippen molar-refractivity contribution in [2.75, 3.05) is 26.7 Å². The molecule has 3 aromatic rings. The largest absolute Gasteiger partial charge is 0.338 e. The lowest BCUT2D eigenvalue weighted by Crippen LogP contribution is -2.45. The van der Waals surface area contributed by atoms with E-state index in [1.165, 1.54) is 23.5 Å². The van der Waals surface area contributed by atoms with Crippen LogP contribution in [0.4, 0.5) is 4.39 Å². The predicted molar refractivity (Wildman–Crippen MR) is 119 cm³/mol. The van der Waals surface area contributed by atoms with Crippen molar-refractivity contribution in [1.82, 2.24) is 14.8 Å². The number of nitrogens with zero attached hydrogens (tertiary/aromatic N) is 3. The van der Waals surface area contributed by atoms with Crippen molar-refractivity contribution < 1.29 is 9.18 Å². The third-order valence-corrected chi connectivity index (χ3v) is 6.90. The van der Waals surface area contributed by atoms with Crippen LogP contribution in [0.15, 0.2) is 60.8 Å². The zero-order chi connectivity index (χ0) is 20.9. The van der Waals surface area contributed by atoms with Gasteiger partial charge >= 0.3 is 0 Å². The van der Waals surface area contributed by atoms with E-state index in [2.05, 4.69) is 16.0 Å². The van der Waals surface area contributed by atoms with Crippen LogP contribution in [0.3, 0.4) is 0 Å². The zero-order valence-corrected chi connectivity index (χ0v) is 17.9. The Bertz CT molecular complexity index is 966. The van der Waals surface area contributed by atoms with Gasteiger partial charge in [0.05, 0.1) is 4.88 Å². The van der Waals surface area contributed by atoms with E-state index in [1.54, 1.807) is 12.1 Å². The van der Waals surface area contributed by atoms with Crippen LogP contribution < -0.4 is 0 Å². The molecule has 0 atom stereocenters. The first-order valence-electron chi connectivity index (χ1n) is 10.4. The molecule has 1 saturated heterocycles. The van der Waals surface area contributed by atoms with Gasteiger partial charge < -0.3 is 9.80 Å². The fourth-order valence-electron chi connectivity index (χ4n) is 3.91. The number of carbonyl (C=O) groups is 1. The molecule has 1 aliphatic rings. The number of piperidine rings is 1. The highest BCUT2D eigenvalue weighted by atomic mass is 32.1. The molecule has 4 nitrogen and oxygen atoms in total. The smallest absolute Gasteiger partial charge is 0.263 e. The third kappa shape index (κ3) is 4.94. The van der Waals surface area contributed by atoms with Gasteiger partial charge in [0, 0.05) is 55.9 Å². The van der Waals surface area contributed by atoms with Gasteiger partial charge in [0.2, 0.25) is 0 Å². The van der Waals surface area contributed by atoms with Crippen LogP contribution in [0, 0.1) is 5.82 Å². The van der Waals surface area contributed by atoms with Crippen LogP contribution >= 0.6 is 11.3 Å². The first-order valence-corrected chi connectivity index (χ1v) is 11.2. The fourth-order valence-corrected chi connectivity index (χ4v) is 4.90. The Hall–Kier alpha value is -2.57. The highest BCUT2D eigenvalue weighted by Gasteiger charge is 2.26.